The van der Waals surface area contributed by atoms with Crippen LogP contribution in [0, 0.1) is 0 Å². The van der Waals surface area contributed by atoms with E-state index >= 15 is 0 Å². The van der Waals surface area contributed by atoms with Crippen LogP contribution in [-0.2, 0) is 60.3 Å². The number of nitrogens with zero attached hydrogens (tertiary/aromatic N) is 12. The SMILES string of the molecule is BrCCCCBr.C.C.CC.CC1(C)OB(c2cn[nH]c2)OC1(C)C.C[C@@H](C(N)=O)N1CCCC1.C[C@H](N)C(N)=O.Clc1cc2cc(Br)ccc2cn1.ICI.[2H]C([2H])([2H])n1cc(-c2ccc3cnc(CC(=O)[C@H](C)N4CCCC4)cc3c2)cn1.[2H]C([2H])([2H])n1cc(-c2ccc3cnc(Cl)cc3c2)cn1.[2H]C([2H])([2H])n1cc(B2OC(C)(C)C(C)(C)O2)cn1.[2H]CF.[Cl-]. The Labute approximate surface area is 771 Å². The predicted molar refractivity (Wildman–Crippen MR) is 503 cm³/mol. The molecule has 0 saturated carbocycles. The number of ketones is 1. The summed E-state index contributed by atoms with van der Waals surface area (Å²) in [4.78, 5) is 50.0. The molecule has 0 bridgehead atoms. The lowest BCUT2D eigenvalue weighted by Gasteiger charge is -2.32. The second-order valence-corrected chi connectivity index (χ2v) is 35.6. The van der Waals surface area contributed by atoms with Crippen molar-refractivity contribution < 1.29 is 63.5 Å². The van der Waals surface area contributed by atoms with Crippen LogP contribution in [0.1, 0.15) is 163 Å². The quantitative estimate of drug-likeness (QED) is 0.0259. The summed E-state index contributed by atoms with van der Waals surface area (Å²) >= 11 is 26.2. The van der Waals surface area contributed by atoms with Crippen LogP contribution in [0.15, 0.2) is 145 Å². The lowest BCUT2D eigenvalue weighted by Crippen LogP contribution is -3.00. The number of aromatic amines is 1. The van der Waals surface area contributed by atoms with Gasteiger partial charge in [0, 0.05) is 148 Å². The van der Waals surface area contributed by atoms with Gasteiger partial charge < -0.3 is 48.2 Å². The summed E-state index contributed by atoms with van der Waals surface area (Å²) in [6.45, 7) is 22.5. The molecule has 0 unspecified atom stereocenters. The Morgan fingerprint density at radius 2 is 0.948 bits per heavy atom. The number of unbranched alkanes of at least 4 members (excludes halogenated alkanes) is 1. The van der Waals surface area contributed by atoms with E-state index in [-0.39, 0.29) is 69.4 Å². The van der Waals surface area contributed by atoms with Gasteiger partial charge in [-0.3, -0.25) is 52.7 Å². The molecule has 4 saturated heterocycles. The lowest BCUT2D eigenvalue weighted by molar-refractivity contribution is -0.123. The van der Waals surface area contributed by atoms with Crippen molar-refractivity contribution >= 4 is 191 Å². The Hall–Kier alpha value is -5.11. The number of Topliss-reactive ketones (excluding diaryl/α,β-unsaturated/α-hetero) is 1. The van der Waals surface area contributed by atoms with E-state index in [4.69, 9.17) is 67.0 Å². The third-order valence-corrected chi connectivity index (χ3v) is 20.7. The molecule has 7 aromatic heterocycles. The van der Waals surface area contributed by atoms with Crippen LogP contribution in [-0.4, -0.2) is 183 Å². The van der Waals surface area contributed by atoms with Crippen LogP contribution < -0.4 is 40.5 Å². The maximum absolute atomic E-state index is 12.7. The van der Waals surface area contributed by atoms with Crippen molar-refractivity contribution in [2.24, 2.45) is 38.1 Å². The van der Waals surface area contributed by atoms with Gasteiger partial charge in [0.15, 0.2) is 5.78 Å². The number of hydrogen-bond acceptors (Lipinski definition) is 17. The number of aryl methyl sites for hydroxylation is 3. The first-order chi connectivity index (χ1) is 57.5. The summed E-state index contributed by atoms with van der Waals surface area (Å²) in [7, 11) is -1.88. The molecule has 7 N–H and O–H groups in total. The number of fused-ring (bicyclic) bond motifs is 3. The van der Waals surface area contributed by atoms with Gasteiger partial charge >= 0.3 is 14.2 Å². The molecule has 10 aromatic rings. The number of alkyl halides is 5. The third-order valence-electron chi connectivity index (χ3n) is 18.7. The van der Waals surface area contributed by atoms with Crippen molar-refractivity contribution in [3.05, 3.63) is 161 Å². The van der Waals surface area contributed by atoms with Crippen molar-refractivity contribution in [1.82, 2.24) is 64.3 Å². The Bertz CT molecular complexity index is 4820. The van der Waals surface area contributed by atoms with Gasteiger partial charge in [-0.15, -0.1) is 0 Å². The molecule has 14 rings (SSSR count). The first-order valence-corrected chi connectivity index (χ1v) is 43.3. The largest absolute Gasteiger partial charge is 1.00 e. The number of amides is 2. The van der Waals surface area contributed by atoms with E-state index in [0.717, 1.165) is 134 Å². The van der Waals surface area contributed by atoms with Crippen LogP contribution in [0.3, 0.4) is 0 Å². The molecule has 4 aliphatic rings. The van der Waals surface area contributed by atoms with Gasteiger partial charge in [-0.05, 0) is 211 Å². The highest BCUT2D eigenvalue weighted by molar-refractivity contribution is 14.2. The fraction of sp³-hybridized carbons (Fsp3) is 0.488. The molecule has 116 heavy (non-hydrogen) atoms. The summed E-state index contributed by atoms with van der Waals surface area (Å²) in [5.74, 6) is -0.481. The minimum absolute atomic E-state index is 0. The average Bonchev–Trinajstić information content (AvgIpc) is 1.62. The number of benzene rings is 3. The number of aromatic nitrogens is 11. The fourth-order valence-corrected chi connectivity index (χ4v) is 12.3. The number of halogens is 9. The van der Waals surface area contributed by atoms with Gasteiger partial charge in [0.1, 0.15) is 10.3 Å². The first kappa shape index (κ1) is 91.6. The Morgan fingerprint density at radius 3 is 1.33 bits per heavy atom. The highest BCUT2D eigenvalue weighted by Crippen LogP contribution is 2.38. The Balaban J connectivity index is 0.000000738. The van der Waals surface area contributed by atoms with E-state index in [2.05, 4.69) is 149 Å². The van der Waals surface area contributed by atoms with Crippen molar-refractivity contribution in [3.8, 4) is 22.3 Å². The molecule has 2 amide bonds. The summed E-state index contributed by atoms with van der Waals surface area (Å²) in [5, 5.41) is 27.6. The number of carbonyl (C=O) groups excluding carboxylic acids is 3. The standard InChI is InChI=1S/C21H24N4O.C13H10ClN3.C10H17BN2O2.C9H15BN2O2.C9H5BrClN.C7H14N2O.C4H8Br2.C3H8N2O.C2H6.CH3F.CH2I2.2CH4.ClH/c1-15(25-7-3-4-8-25)21(26)11-20-10-18-9-16(5-6-17(18)12-22-20)19-13-23-24(2)14-19;1-17-8-12(7-16-17)9-2-3-10-6-15-13(14)5-11(10)4-9;1-9(2)10(3,4)15-11(14-9)8-6-12-13(5)7-8;1-8(2)9(3,4)14-10(13-8)7-5-11-12-6-7;10-8-2-1-6-5-12-9(11)4-7(6)3-8;1-6(7(8)10)9-4-2-3-5-9;5-3-1-2-4-6;1-2(4)3(5)6;2*1-2;2-1-3;;;/h5-6,9-10,12-15H,3-4,7-8,11H2,1-2H3;2-8H,1H3;6-7H,1-5H3;5-6H,1-4H3,(H,11,12);1-5H;6H,2-5H2,1H3,(H2,8,10);1-4H2;2H,4H2,1H3,(H2,5,6);1-2H3;1H3;1H2;2*1H4;1H/p-1/t15-;;;;;6-;;2-;;;;;;/m0....0.0....../s1/i2D3;1D3;5D3;;;;;;;1D;;;;. The molecule has 3 aromatic carbocycles. The molecule has 3 atom stereocenters. The molecular weight excluding hydrogens is 1960 g/mol. The average molecular weight is 2090 g/mol. The Morgan fingerprint density at radius 1 is 0.569 bits per heavy atom. The van der Waals surface area contributed by atoms with Crippen LogP contribution in [0.5, 0.6) is 0 Å². The second-order valence-electron chi connectivity index (χ2n) is 27.8. The summed E-state index contributed by atoms with van der Waals surface area (Å²) < 4.78 is 110. The van der Waals surface area contributed by atoms with Crippen LogP contribution in [0.4, 0.5) is 4.39 Å². The smallest absolute Gasteiger partial charge is 0.498 e. The number of H-pyrrole nitrogens is 1. The topological polar surface area (TPSA) is 293 Å². The van der Waals surface area contributed by atoms with E-state index in [0.29, 0.717) is 22.2 Å². The maximum atomic E-state index is 12.7. The Kier molecular flexibility index (Phi) is 42.9. The number of hydrogen-bond donors (Lipinski definition) is 4. The van der Waals surface area contributed by atoms with Gasteiger partial charge in [-0.2, -0.15) is 20.4 Å². The highest BCUT2D eigenvalue weighted by Gasteiger charge is 2.53. The number of primary amides is 2. The van der Waals surface area contributed by atoms with Crippen molar-refractivity contribution in [2.75, 3.05) is 46.4 Å². The third kappa shape index (κ3) is 35.2. The van der Waals surface area contributed by atoms with Crippen molar-refractivity contribution in [1.29, 1.82) is 0 Å². The van der Waals surface area contributed by atoms with Crippen molar-refractivity contribution in [2.45, 2.75) is 190 Å². The van der Waals surface area contributed by atoms with Crippen LogP contribution >= 0.6 is 116 Å². The normalized spacial score (nSPS) is 17.3. The number of pyridine rings is 3. The summed E-state index contributed by atoms with van der Waals surface area (Å²) in [6, 6.07) is 22.5. The number of likely N-dealkylation sites (tertiary alicyclic amines) is 2. The molecule has 0 radical (unpaired) electrons. The molecular formula is C82H120B2Br3Cl3FI2N16O7-. The molecule has 4 aliphatic heterocycles. The molecule has 11 heterocycles. The van der Waals surface area contributed by atoms with Gasteiger partial charge in [-0.25, -0.2) is 9.97 Å². The highest BCUT2D eigenvalue weighted by atomic mass is 127. The molecule has 34 heteroatoms. The first-order valence-electron chi connectivity index (χ1n) is 41.7. The number of nitrogens with two attached hydrogens (primary N) is 3. The van der Waals surface area contributed by atoms with E-state index in [1.807, 2.05) is 150 Å². The van der Waals surface area contributed by atoms with Crippen molar-refractivity contribution in [3.63, 3.8) is 0 Å². The number of nitrogens with one attached hydrogen (secondary N) is 1. The van der Waals surface area contributed by atoms with Gasteiger partial charge in [0.2, 0.25) is 11.8 Å². The maximum Gasteiger partial charge on any atom is 0.498 e. The van der Waals surface area contributed by atoms with E-state index in [9.17, 15) is 18.8 Å². The second kappa shape index (κ2) is 54.3. The molecule has 0 spiro atoms. The summed E-state index contributed by atoms with van der Waals surface area (Å²) in [5.41, 5.74) is 18.9. The zero-order chi connectivity index (χ0) is 92.6. The van der Waals surface area contributed by atoms with Gasteiger partial charge in [0.05, 0.1) is 70.3 Å². The lowest BCUT2D eigenvalue weighted by atomic mass is 9.82. The van der Waals surface area contributed by atoms with E-state index in [1.165, 1.54) is 59.1 Å². The molecule has 640 valence electrons. The zero-order valence-electron chi connectivity index (χ0n) is 76.6. The van der Waals surface area contributed by atoms with E-state index in [1.54, 1.807) is 50.2 Å². The minimum atomic E-state index is -2.29. The zero-order valence-corrected chi connectivity index (χ0v) is 78.0. The monoisotopic (exact) mass is 2090 g/mol. The van der Waals surface area contributed by atoms with Gasteiger partial charge in [0.25, 0.3) is 0 Å². The number of rotatable bonds is 14. The number of carbonyl (C=O) groups is 3. The minimum Gasteiger partial charge on any atom is -1.00 e. The summed E-state index contributed by atoms with van der Waals surface area (Å²) in [6.07, 6.45) is 25.4. The molecule has 0 aliphatic carbocycles. The molecule has 4 fully saturated rings. The van der Waals surface area contributed by atoms with Crippen LogP contribution in [0.25, 0.3) is 54.6 Å². The molecule has 23 nitrogen and oxygen atoms in total. The van der Waals surface area contributed by atoms with E-state index < -0.39 is 58.4 Å². The fourth-order valence-electron chi connectivity index (χ4n) is 10.7. The van der Waals surface area contributed by atoms with Crippen LogP contribution in [0.2, 0.25) is 10.3 Å². The predicted octanol–water partition coefficient (Wildman–Crippen LogP) is 14.6. The van der Waals surface area contributed by atoms with Gasteiger partial charge in [-0.1, -0.05) is 175 Å².